The molecule has 0 amide bonds. The van der Waals surface area contributed by atoms with Gasteiger partial charge in [-0.2, -0.15) is 0 Å². The van der Waals surface area contributed by atoms with E-state index >= 15 is 0 Å². The number of fused-ring (bicyclic) bond motifs is 6. The van der Waals surface area contributed by atoms with Crippen LogP contribution in [0.2, 0.25) is 0 Å². The van der Waals surface area contributed by atoms with Crippen LogP contribution in [0.25, 0.3) is 77.2 Å². The van der Waals surface area contributed by atoms with Crippen molar-refractivity contribution in [2.75, 3.05) is 0 Å². The lowest BCUT2D eigenvalue weighted by molar-refractivity contribution is 0.850. The third-order valence-electron chi connectivity index (χ3n) is 10.5. The number of nitrogens with zero attached hydrogens (tertiary/aromatic N) is 2. The van der Waals surface area contributed by atoms with Crippen molar-refractivity contribution >= 4 is 49.3 Å². The van der Waals surface area contributed by atoms with Crippen LogP contribution in [0.15, 0.2) is 188 Å². The first-order valence-corrected chi connectivity index (χ1v) is 17.5. The molecule has 0 spiro atoms. The highest BCUT2D eigenvalue weighted by Gasteiger charge is 2.18. The summed E-state index contributed by atoms with van der Waals surface area (Å²) in [7, 11) is 0. The van der Waals surface area contributed by atoms with Crippen LogP contribution in [0.5, 0.6) is 0 Å². The van der Waals surface area contributed by atoms with Crippen LogP contribution in [0.1, 0.15) is 17.9 Å². The van der Waals surface area contributed by atoms with Crippen LogP contribution in [-0.4, -0.2) is 9.13 Å². The normalized spacial score (nSPS) is 14.6. The number of benzene rings is 7. The zero-order valence-corrected chi connectivity index (χ0v) is 27.6. The second kappa shape index (κ2) is 11.6. The van der Waals surface area contributed by atoms with Gasteiger partial charge in [-0.25, -0.2) is 0 Å². The number of aromatic nitrogens is 2. The summed E-state index contributed by atoms with van der Waals surface area (Å²) in [5, 5.41) is 5.08. The molecule has 0 saturated heterocycles. The molecule has 10 rings (SSSR count). The minimum atomic E-state index is 0.409. The van der Waals surface area contributed by atoms with Gasteiger partial charge in [-0.05, 0) is 82.8 Å². The highest BCUT2D eigenvalue weighted by Crippen LogP contribution is 2.39. The minimum Gasteiger partial charge on any atom is -0.310 e. The molecule has 0 saturated carbocycles. The molecule has 0 radical (unpaired) electrons. The van der Waals surface area contributed by atoms with Crippen molar-refractivity contribution in [2.24, 2.45) is 0 Å². The van der Waals surface area contributed by atoms with Crippen molar-refractivity contribution in [1.29, 1.82) is 0 Å². The van der Waals surface area contributed by atoms with Gasteiger partial charge in [-0.3, -0.25) is 0 Å². The van der Waals surface area contributed by atoms with Crippen molar-refractivity contribution in [3.8, 4) is 27.9 Å². The predicted octanol–water partition coefficient (Wildman–Crippen LogP) is 12.8. The molecule has 2 heteroatoms. The number of hydrogen-bond donors (Lipinski definition) is 0. The number of hydrogen-bond acceptors (Lipinski definition) is 0. The Morgan fingerprint density at radius 1 is 0.400 bits per heavy atom. The van der Waals surface area contributed by atoms with E-state index in [1.165, 1.54) is 77.1 Å². The third kappa shape index (κ3) is 4.64. The highest BCUT2D eigenvalue weighted by molar-refractivity contribution is 6.13. The molecule has 7 aromatic carbocycles. The average Bonchev–Trinajstić information content (AvgIpc) is 3.71. The number of rotatable bonds is 5. The molecule has 50 heavy (non-hydrogen) atoms. The monoisotopic (exact) mass is 638 g/mol. The van der Waals surface area contributed by atoms with Gasteiger partial charge in [0.1, 0.15) is 0 Å². The fourth-order valence-electron chi connectivity index (χ4n) is 8.01. The Morgan fingerprint density at radius 3 is 1.70 bits per heavy atom. The smallest absolute Gasteiger partial charge is 0.0547 e. The number of para-hydroxylation sites is 2. The maximum Gasteiger partial charge on any atom is 0.0547 e. The molecule has 2 heterocycles. The third-order valence-corrected chi connectivity index (χ3v) is 10.5. The summed E-state index contributed by atoms with van der Waals surface area (Å²) in [6.45, 7) is 0. The maximum absolute atomic E-state index is 2.44. The summed E-state index contributed by atoms with van der Waals surface area (Å²) >= 11 is 0. The van der Waals surface area contributed by atoms with Crippen LogP contribution < -0.4 is 0 Å². The van der Waals surface area contributed by atoms with Crippen LogP contribution in [0.4, 0.5) is 0 Å². The van der Waals surface area contributed by atoms with Crippen LogP contribution in [-0.2, 0) is 0 Å². The highest BCUT2D eigenvalue weighted by atomic mass is 15.0. The van der Waals surface area contributed by atoms with Crippen LogP contribution in [0, 0.1) is 0 Å². The molecule has 1 aliphatic rings. The Balaban J connectivity index is 1.08. The van der Waals surface area contributed by atoms with E-state index in [1.54, 1.807) is 0 Å². The fourth-order valence-corrected chi connectivity index (χ4v) is 8.01. The quantitative estimate of drug-likeness (QED) is 0.178. The summed E-state index contributed by atoms with van der Waals surface area (Å²) in [6.07, 6.45) is 8.06. The van der Waals surface area contributed by atoms with Gasteiger partial charge in [0.15, 0.2) is 0 Å². The van der Waals surface area contributed by atoms with E-state index in [-0.39, 0.29) is 0 Å². The van der Waals surface area contributed by atoms with Crippen molar-refractivity contribution in [1.82, 2.24) is 9.13 Å². The van der Waals surface area contributed by atoms with Gasteiger partial charge in [0, 0.05) is 38.8 Å². The van der Waals surface area contributed by atoms with E-state index in [4.69, 9.17) is 0 Å². The first kappa shape index (κ1) is 28.6. The van der Waals surface area contributed by atoms with Crippen molar-refractivity contribution in [3.63, 3.8) is 0 Å². The lowest BCUT2D eigenvalue weighted by atomic mass is 9.92. The SMILES string of the molecule is C1=CC(c2ccccc2)CC=C1n1c2ccccc2c2cc(-c3ccc4c5ccccc5n(-c5ccc(-c6ccccc6)cc5)c4c3)ccc21. The molecule has 0 aliphatic heterocycles. The molecule has 1 atom stereocenters. The molecule has 2 nitrogen and oxygen atoms in total. The summed E-state index contributed by atoms with van der Waals surface area (Å²) < 4.78 is 4.85. The molecular formula is C48H34N2. The molecule has 0 fully saturated rings. The first-order valence-electron chi connectivity index (χ1n) is 17.5. The summed E-state index contributed by atoms with van der Waals surface area (Å²) in [6, 6.07) is 61.9. The average molecular weight is 639 g/mol. The van der Waals surface area contributed by atoms with Gasteiger partial charge in [-0.1, -0.05) is 140 Å². The van der Waals surface area contributed by atoms with E-state index in [0.29, 0.717) is 5.92 Å². The fraction of sp³-hybridized carbons (Fsp3) is 0.0417. The molecule has 236 valence electrons. The molecule has 9 aromatic rings. The molecule has 1 aliphatic carbocycles. The summed E-state index contributed by atoms with van der Waals surface area (Å²) in [5.41, 5.74) is 13.5. The Bertz CT molecular complexity index is 2760. The van der Waals surface area contributed by atoms with Crippen LogP contribution >= 0.6 is 0 Å². The zero-order valence-electron chi connectivity index (χ0n) is 27.6. The van der Waals surface area contributed by atoms with E-state index in [0.717, 1.165) is 12.1 Å². The first-order chi connectivity index (χ1) is 24.8. The lowest BCUT2D eigenvalue weighted by Gasteiger charge is -2.18. The molecule has 0 N–H and O–H groups in total. The zero-order chi connectivity index (χ0) is 33.0. The van der Waals surface area contributed by atoms with Gasteiger partial charge in [0.2, 0.25) is 0 Å². The van der Waals surface area contributed by atoms with E-state index in [9.17, 15) is 0 Å². The predicted molar refractivity (Wildman–Crippen MR) is 212 cm³/mol. The Labute approximate surface area is 291 Å². The molecule has 2 aromatic heterocycles. The van der Waals surface area contributed by atoms with E-state index < -0.39 is 0 Å². The van der Waals surface area contributed by atoms with Crippen molar-refractivity contribution in [3.05, 3.63) is 194 Å². The molecule has 1 unspecified atom stereocenters. The maximum atomic E-state index is 2.44. The summed E-state index contributed by atoms with van der Waals surface area (Å²) in [4.78, 5) is 0. The van der Waals surface area contributed by atoms with E-state index in [2.05, 4.69) is 197 Å². The van der Waals surface area contributed by atoms with Gasteiger partial charge >= 0.3 is 0 Å². The Hall–Kier alpha value is -6.38. The topological polar surface area (TPSA) is 9.86 Å². The van der Waals surface area contributed by atoms with Gasteiger partial charge in [0.05, 0.1) is 22.1 Å². The number of allylic oxidation sites excluding steroid dienone is 4. The minimum absolute atomic E-state index is 0.409. The van der Waals surface area contributed by atoms with Crippen molar-refractivity contribution < 1.29 is 0 Å². The Kier molecular flexibility index (Phi) is 6.67. The van der Waals surface area contributed by atoms with Gasteiger partial charge in [-0.15, -0.1) is 0 Å². The molecular weight excluding hydrogens is 605 g/mol. The van der Waals surface area contributed by atoms with Crippen LogP contribution in [0.3, 0.4) is 0 Å². The van der Waals surface area contributed by atoms with Gasteiger partial charge < -0.3 is 9.13 Å². The van der Waals surface area contributed by atoms with Gasteiger partial charge in [0.25, 0.3) is 0 Å². The lowest BCUT2D eigenvalue weighted by Crippen LogP contribution is -2.02. The second-order valence-corrected chi connectivity index (χ2v) is 13.3. The summed E-state index contributed by atoms with van der Waals surface area (Å²) in [5.74, 6) is 0.409. The van der Waals surface area contributed by atoms with Crippen molar-refractivity contribution in [2.45, 2.75) is 12.3 Å². The molecule has 0 bridgehead atoms. The Morgan fingerprint density at radius 2 is 0.960 bits per heavy atom. The standard InChI is InChI=1S/C48H34N2/c1-3-11-33(12-4-1)35-19-25-39(26-20-35)49-46-18-10-8-16-42(46)44-31-37(24-30-47(44)49)38-23-29-43-41-15-7-9-17-45(41)50(48(43)32-38)40-27-21-36(22-28-40)34-13-5-2-6-14-34/h1-19,21-32,35H,20H2. The largest absolute Gasteiger partial charge is 0.310 e. The van der Waals surface area contributed by atoms with E-state index in [1.807, 2.05) is 0 Å². The second-order valence-electron chi connectivity index (χ2n) is 13.3.